The van der Waals surface area contributed by atoms with E-state index in [0.29, 0.717) is 5.75 Å². The van der Waals surface area contributed by atoms with Gasteiger partial charge >= 0.3 is 0 Å². The van der Waals surface area contributed by atoms with Crippen LogP contribution in [0.1, 0.15) is 46.3 Å². The first kappa shape index (κ1) is 15.4. The maximum atomic E-state index is 9.76. The number of aromatic hydroxyl groups is 1. The van der Waals surface area contributed by atoms with Gasteiger partial charge in [-0.3, -0.25) is 0 Å². The lowest BCUT2D eigenvalue weighted by Gasteiger charge is -2.21. The van der Waals surface area contributed by atoms with Crippen LogP contribution in [0.5, 0.6) is 5.75 Å². The van der Waals surface area contributed by atoms with Crippen LogP contribution in [0, 0.1) is 34.6 Å². The van der Waals surface area contributed by atoms with E-state index in [-0.39, 0.29) is 6.04 Å². The Morgan fingerprint density at radius 3 is 2.05 bits per heavy atom. The topological polar surface area (TPSA) is 32.3 Å². The fourth-order valence-electron chi connectivity index (χ4n) is 2.72. The van der Waals surface area contributed by atoms with Crippen molar-refractivity contribution in [3.63, 3.8) is 0 Å². The van der Waals surface area contributed by atoms with Gasteiger partial charge in [-0.05, 0) is 87.1 Å². The third-order valence-corrected chi connectivity index (χ3v) is 4.26. The fraction of sp³-hybridized carbons (Fsp3) is 0.368. The second-order valence-corrected chi connectivity index (χ2v) is 6.11. The molecule has 1 atom stereocenters. The Kier molecular flexibility index (Phi) is 4.26. The molecule has 2 aromatic rings. The van der Waals surface area contributed by atoms with Crippen LogP contribution < -0.4 is 5.32 Å². The first-order valence-electron chi connectivity index (χ1n) is 7.44. The number of hydrogen-bond acceptors (Lipinski definition) is 2. The fourth-order valence-corrected chi connectivity index (χ4v) is 2.72. The van der Waals surface area contributed by atoms with Crippen LogP contribution >= 0.6 is 0 Å². The SMILES string of the molecule is Cc1cc(C)c(C(C)Nc2cc(C)c(O)cc2C)cc1C. The quantitative estimate of drug-likeness (QED) is 0.767. The monoisotopic (exact) mass is 283 g/mol. The summed E-state index contributed by atoms with van der Waals surface area (Å²) in [5, 5.41) is 13.3. The summed E-state index contributed by atoms with van der Waals surface area (Å²) >= 11 is 0. The van der Waals surface area contributed by atoms with Crippen molar-refractivity contribution in [2.24, 2.45) is 0 Å². The molecular formula is C19H25NO. The number of aryl methyl sites for hydroxylation is 5. The van der Waals surface area contributed by atoms with Crippen LogP contribution in [0.3, 0.4) is 0 Å². The van der Waals surface area contributed by atoms with Crippen molar-refractivity contribution < 1.29 is 5.11 Å². The number of nitrogens with one attached hydrogen (secondary N) is 1. The van der Waals surface area contributed by atoms with Gasteiger partial charge in [-0.15, -0.1) is 0 Å². The second kappa shape index (κ2) is 5.80. The molecule has 0 heterocycles. The highest BCUT2D eigenvalue weighted by Crippen LogP contribution is 2.29. The lowest BCUT2D eigenvalue weighted by molar-refractivity contribution is 0.470. The highest BCUT2D eigenvalue weighted by Gasteiger charge is 2.12. The Morgan fingerprint density at radius 2 is 1.38 bits per heavy atom. The molecule has 0 aliphatic carbocycles. The zero-order valence-electron chi connectivity index (χ0n) is 13.8. The molecule has 0 fully saturated rings. The van der Waals surface area contributed by atoms with Gasteiger partial charge in [-0.25, -0.2) is 0 Å². The van der Waals surface area contributed by atoms with Crippen LogP contribution in [0.15, 0.2) is 24.3 Å². The van der Waals surface area contributed by atoms with Crippen LogP contribution in [0.25, 0.3) is 0 Å². The molecule has 2 N–H and O–H groups in total. The molecule has 0 radical (unpaired) electrons. The van der Waals surface area contributed by atoms with Crippen molar-refractivity contribution in [1.29, 1.82) is 0 Å². The molecule has 2 heteroatoms. The predicted molar refractivity (Wildman–Crippen MR) is 90.3 cm³/mol. The molecule has 0 aromatic heterocycles. The molecule has 0 amide bonds. The van der Waals surface area contributed by atoms with Crippen LogP contribution in [0.2, 0.25) is 0 Å². The normalized spacial score (nSPS) is 12.3. The zero-order chi connectivity index (χ0) is 15.7. The maximum absolute atomic E-state index is 9.76. The molecule has 2 nitrogen and oxygen atoms in total. The highest BCUT2D eigenvalue weighted by molar-refractivity contribution is 5.58. The van der Waals surface area contributed by atoms with Gasteiger partial charge in [0.1, 0.15) is 5.75 Å². The molecule has 112 valence electrons. The van der Waals surface area contributed by atoms with E-state index >= 15 is 0 Å². The highest BCUT2D eigenvalue weighted by atomic mass is 16.3. The van der Waals surface area contributed by atoms with Gasteiger partial charge < -0.3 is 10.4 Å². The van der Waals surface area contributed by atoms with Gasteiger partial charge in [-0.2, -0.15) is 0 Å². The summed E-state index contributed by atoms with van der Waals surface area (Å²) < 4.78 is 0. The minimum atomic E-state index is 0.229. The van der Waals surface area contributed by atoms with Crippen molar-refractivity contribution in [2.45, 2.75) is 47.6 Å². The molecule has 0 bridgehead atoms. The van der Waals surface area contributed by atoms with E-state index in [1.54, 1.807) is 0 Å². The summed E-state index contributed by atoms with van der Waals surface area (Å²) in [7, 11) is 0. The summed E-state index contributed by atoms with van der Waals surface area (Å²) in [6.45, 7) is 12.6. The molecule has 0 saturated carbocycles. The third-order valence-electron chi connectivity index (χ3n) is 4.26. The van der Waals surface area contributed by atoms with E-state index in [0.717, 1.165) is 16.8 Å². The summed E-state index contributed by atoms with van der Waals surface area (Å²) in [4.78, 5) is 0. The lowest BCUT2D eigenvalue weighted by Crippen LogP contribution is -2.10. The number of anilines is 1. The van der Waals surface area contributed by atoms with Crippen molar-refractivity contribution in [2.75, 3.05) is 5.32 Å². The predicted octanol–water partition coefficient (Wildman–Crippen LogP) is 5.11. The summed E-state index contributed by atoms with van der Waals surface area (Å²) in [5.74, 6) is 0.355. The molecule has 1 unspecified atom stereocenters. The minimum Gasteiger partial charge on any atom is -0.508 e. The summed E-state index contributed by atoms with van der Waals surface area (Å²) in [5.41, 5.74) is 8.33. The van der Waals surface area contributed by atoms with Crippen LogP contribution in [-0.4, -0.2) is 5.11 Å². The lowest BCUT2D eigenvalue weighted by atomic mass is 9.96. The van der Waals surface area contributed by atoms with E-state index in [9.17, 15) is 5.11 Å². The van der Waals surface area contributed by atoms with Crippen LogP contribution in [-0.2, 0) is 0 Å². The molecule has 2 aromatic carbocycles. The van der Waals surface area contributed by atoms with E-state index in [4.69, 9.17) is 0 Å². The Hall–Kier alpha value is -1.96. The molecular weight excluding hydrogens is 258 g/mol. The minimum absolute atomic E-state index is 0.229. The van der Waals surface area contributed by atoms with Gasteiger partial charge in [0, 0.05) is 11.7 Å². The molecule has 0 aliphatic heterocycles. The zero-order valence-corrected chi connectivity index (χ0v) is 13.8. The summed E-state index contributed by atoms with van der Waals surface area (Å²) in [6, 6.07) is 8.57. The molecule has 0 saturated heterocycles. The van der Waals surface area contributed by atoms with Crippen LogP contribution in [0.4, 0.5) is 5.69 Å². The average molecular weight is 283 g/mol. The number of phenols is 1. The molecule has 2 rings (SSSR count). The van der Waals surface area contributed by atoms with Crippen molar-refractivity contribution in [3.05, 3.63) is 57.6 Å². The molecule has 0 aliphatic rings. The van der Waals surface area contributed by atoms with Gasteiger partial charge in [-0.1, -0.05) is 12.1 Å². The Balaban J connectivity index is 2.32. The first-order chi connectivity index (χ1) is 9.79. The standard InChI is InChI=1S/C19H25NO/c1-11-7-13(3)17(8-12(11)2)16(6)20-18-9-15(5)19(21)10-14(18)4/h7-10,16,20-21H,1-6H3. The number of hydrogen-bond donors (Lipinski definition) is 2. The van der Waals surface area contributed by atoms with E-state index in [1.807, 2.05) is 26.0 Å². The van der Waals surface area contributed by atoms with Gasteiger partial charge in [0.2, 0.25) is 0 Å². The smallest absolute Gasteiger partial charge is 0.118 e. The maximum Gasteiger partial charge on any atom is 0.118 e. The Labute approximate surface area is 127 Å². The van der Waals surface area contributed by atoms with Gasteiger partial charge in [0.05, 0.1) is 0 Å². The van der Waals surface area contributed by atoms with Gasteiger partial charge in [0.15, 0.2) is 0 Å². The second-order valence-electron chi connectivity index (χ2n) is 6.11. The number of phenolic OH excluding ortho intramolecular Hbond substituents is 1. The van der Waals surface area contributed by atoms with E-state index in [1.165, 1.54) is 22.3 Å². The molecule has 21 heavy (non-hydrogen) atoms. The van der Waals surface area contributed by atoms with Crippen molar-refractivity contribution in [3.8, 4) is 5.75 Å². The Morgan fingerprint density at radius 1 is 0.762 bits per heavy atom. The molecule has 0 spiro atoms. The third kappa shape index (κ3) is 3.21. The van der Waals surface area contributed by atoms with E-state index in [2.05, 4.69) is 45.1 Å². The average Bonchev–Trinajstić information content (AvgIpc) is 2.40. The number of rotatable bonds is 3. The Bertz CT molecular complexity index is 674. The number of benzene rings is 2. The van der Waals surface area contributed by atoms with Crippen molar-refractivity contribution in [1.82, 2.24) is 0 Å². The summed E-state index contributed by atoms with van der Waals surface area (Å²) in [6.07, 6.45) is 0. The van der Waals surface area contributed by atoms with Crippen molar-refractivity contribution >= 4 is 5.69 Å². The van der Waals surface area contributed by atoms with Gasteiger partial charge in [0.25, 0.3) is 0 Å². The first-order valence-corrected chi connectivity index (χ1v) is 7.44. The van der Waals surface area contributed by atoms with E-state index < -0.39 is 0 Å². The largest absolute Gasteiger partial charge is 0.508 e.